The predicted molar refractivity (Wildman–Crippen MR) is 76.8 cm³/mol. The molecule has 0 saturated carbocycles. The fraction of sp³-hybridized carbons (Fsp3) is 0.333. The van der Waals surface area contributed by atoms with Crippen LogP contribution in [0.25, 0.3) is 0 Å². The average Bonchev–Trinajstić information content (AvgIpc) is 2.88. The summed E-state index contributed by atoms with van der Waals surface area (Å²) in [4.78, 5) is 0. The van der Waals surface area contributed by atoms with E-state index in [0.29, 0.717) is 0 Å². The minimum Gasteiger partial charge on any atom is -0.380 e. The van der Waals surface area contributed by atoms with Gasteiger partial charge in [-0.05, 0) is 46.4 Å². The van der Waals surface area contributed by atoms with E-state index in [2.05, 4.69) is 54.2 Å². The molecule has 0 aliphatic heterocycles. The Morgan fingerprint density at radius 2 is 1.76 bits per heavy atom. The summed E-state index contributed by atoms with van der Waals surface area (Å²) >= 11 is 1.75. The second-order valence-corrected chi connectivity index (χ2v) is 4.92. The lowest BCUT2D eigenvalue weighted by Gasteiger charge is -2.14. The van der Waals surface area contributed by atoms with Crippen LogP contribution in [0.2, 0.25) is 0 Å². The molecule has 1 heterocycles. The molecule has 0 bridgehead atoms. The van der Waals surface area contributed by atoms with Gasteiger partial charge in [-0.15, -0.1) is 0 Å². The van der Waals surface area contributed by atoms with Gasteiger partial charge in [0.15, 0.2) is 0 Å². The molecule has 0 atom stereocenters. The lowest BCUT2D eigenvalue weighted by molar-refractivity contribution is 1.05. The molecule has 2 aromatic rings. The molecule has 1 aromatic heterocycles. The molecular weight excluding hydrogens is 226 g/mol. The van der Waals surface area contributed by atoms with Gasteiger partial charge in [-0.1, -0.05) is 32.0 Å². The number of anilines is 1. The molecule has 0 aliphatic carbocycles. The van der Waals surface area contributed by atoms with Crippen molar-refractivity contribution in [1.29, 1.82) is 0 Å². The van der Waals surface area contributed by atoms with Crippen molar-refractivity contribution in [2.24, 2.45) is 0 Å². The number of hydrogen-bond acceptors (Lipinski definition) is 2. The molecule has 17 heavy (non-hydrogen) atoms. The van der Waals surface area contributed by atoms with Crippen molar-refractivity contribution >= 4 is 17.0 Å². The van der Waals surface area contributed by atoms with E-state index in [-0.39, 0.29) is 0 Å². The van der Waals surface area contributed by atoms with Gasteiger partial charge in [0.05, 0.1) is 0 Å². The van der Waals surface area contributed by atoms with Crippen molar-refractivity contribution in [3.63, 3.8) is 0 Å². The highest BCUT2D eigenvalue weighted by molar-refractivity contribution is 7.07. The van der Waals surface area contributed by atoms with E-state index in [1.807, 2.05) is 0 Å². The molecule has 2 rings (SSSR count). The van der Waals surface area contributed by atoms with Crippen LogP contribution in [-0.4, -0.2) is 0 Å². The van der Waals surface area contributed by atoms with Crippen LogP contribution in [0, 0.1) is 0 Å². The second kappa shape index (κ2) is 5.87. The van der Waals surface area contributed by atoms with Crippen LogP contribution in [0.1, 0.15) is 30.5 Å². The lowest BCUT2D eigenvalue weighted by atomic mass is 10.0. The van der Waals surface area contributed by atoms with Crippen molar-refractivity contribution in [3.8, 4) is 0 Å². The van der Waals surface area contributed by atoms with Crippen LogP contribution in [0.4, 0.5) is 5.69 Å². The SMILES string of the molecule is CCc1cccc(CC)c1NCc1ccsc1. The maximum atomic E-state index is 3.59. The smallest absolute Gasteiger partial charge is 0.0409 e. The fourth-order valence-electron chi connectivity index (χ4n) is 2.05. The predicted octanol–water partition coefficient (Wildman–Crippen LogP) is 4.49. The van der Waals surface area contributed by atoms with Gasteiger partial charge in [0.1, 0.15) is 0 Å². The van der Waals surface area contributed by atoms with E-state index in [1.54, 1.807) is 11.3 Å². The van der Waals surface area contributed by atoms with Gasteiger partial charge in [-0.2, -0.15) is 11.3 Å². The van der Waals surface area contributed by atoms with Crippen molar-refractivity contribution in [2.75, 3.05) is 5.32 Å². The molecule has 0 fully saturated rings. The van der Waals surface area contributed by atoms with Gasteiger partial charge in [0, 0.05) is 12.2 Å². The molecular formula is C15H19NS. The summed E-state index contributed by atoms with van der Waals surface area (Å²) < 4.78 is 0. The first-order chi connectivity index (χ1) is 8.35. The first kappa shape index (κ1) is 12.2. The van der Waals surface area contributed by atoms with E-state index < -0.39 is 0 Å². The largest absolute Gasteiger partial charge is 0.380 e. The topological polar surface area (TPSA) is 12.0 Å². The van der Waals surface area contributed by atoms with E-state index >= 15 is 0 Å². The van der Waals surface area contributed by atoms with Crippen molar-refractivity contribution in [1.82, 2.24) is 0 Å². The zero-order valence-corrected chi connectivity index (χ0v) is 11.3. The Hall–Kier alpha value is -1.28. The Labute approximate surface area is 108 Å². The summed E-state index contributed by atoms with van der Waals surface area (Å²) in [7, 11) is 0. The van der Waals surface area contributed by atoms with Crippen LogP contribution < -0.4 is 5.32 Å². The van der Waals surface area contributed by atoms with Crippen molar-refractivity contribution in [3.05, 3.63) is 51.7 Å². The summed E-state index contributed by atoms with van der Waals surface area (Å²) in [6, 6.07) is 8.77. The van der Waals surface area contributed by atoms with Gasteiger partial charge >= 0.3 is 0 Å². The van der Waals surface area contributed by atoms with Crippen LogP contribution in [0.5, 0.6) is 0 Å². The molecule has 90 valence electrons. The molecule has 0 spiro atoms. The summed E-state index contributed by atoms with van der Waals surface area (Å²) in [6.45, 7) is 5.35. The third kappa shape index (κ3) is 2.89. The summed E-state index contributed by atoms with van der Waals surface area (Å²) in [5.41, 5.74) is 5.53. The summed E-state index contributed by atoms with van der Waals surface area (Å²) in [6.07, 6.45) is 2.17. The zero-order chi connectivity index (χ0) is 12.1. The van der Waals surface area contributed by atoms with E-state index in [4.69, 9.17) is 0 Å². The van der Waals surface area contributed by atoms with Gasteiger partial charge in [0.25, 0.3) is 0 Å². The number of rotatable bonds is 5. The molecule has 1 nitrogen and oxygen atoms in total. The van der Waals surface area contributed by atoms with Crippen LogP contribution in [-0.2, 0) is 19.4 Å². The Bertz CT molecular complexity index is 438. The molecule has 0 amide bonds. The highest BCUT2D eigenvalue weighted by Gasteiger charge is 2.05. The van der Waals surface area contributed by atoms with Gasteiger partial charge in [0.2, 0.25) is 0 Å². The summed E-state index contributed by atoms with van der Waals surface area (Å²) in [5, 5.41) is 7.92. The monoisotopic (exact) mass is 245 g/mol. The molecule has 1 N–H and O–H groups in total. The molecule has 1 aromatic carbocycles. The minimum atomic E-state index is 0.924. The number of hydrogen-bond donors (Lipinski definition) is 1. The third-order valence-corrected chi connectivity index (χ3v) is 3.78. The standard InChI is InChI=1S/C15H19NS/c1-3-13-6-5-7-14(4-2)15(13)16-10-12-8-9-17-11-12/h5-9,11,16H,3-4,10H2,1-2H3. The number of thiophene rings is 1. The van der Waals surface area contributed by atoms with E-state index in [1.165, 1.54) is 22.4 Å². The molecule has 0 radical (unpaired) electrons. The summed E-state index contributed by atoms with van der Waals surface area (Å²) in [5.74, 6) is 0. The average molecular weight is 245 g/mol. The zero-order valence-electron chi connectivity index (χ0n) is 10.5. The normalized spacial score (nSPS) is 10.5. The Morgan fingerprint density at radius 3 is 2.29 bits per heavy atom. The number of aryl methyl sites for hydroxylation is 2. The molecule has 0 saturated heterocycles. The minimum absolute atomic E-state index is 0.924. The highest BCUT2D eigenvalue weighted by atomic mass is 32.1. The maximum Gasteiger partial charge on any atom is 0.0409 e. The van der Waals surface area contributed by atoms with Gasteiger partial charge in [-0.25, -0.2) is 0 Å². The number of nitrogens with one attached hydrogen (secondary N) is 1. The van der Waals surface area contributed by atoms with Crippen molar-refractivity contribution < 1.29 is 0 Å². The van der Waals surface area contributed by atoms with Gasteiger partial charge < -0.3 is 5.32 Å². The Morgan fingerprint density at radius 1 is 1.06 bits per heavy atom. The number of benzene rings is 1. The highest BCUT2D eigenvalue weighted by Crippen LogP contribution is 2.23. The maximum absolute atomic E-state index is 3.59. The first-order valence-electron chi connectivity index (χ1n) is 6.20. The molecule has 0 aliphatic rings. The first-order valence-corrected chi connectivity index (χ1v) is 7.15. The van der Waals surface area contributed by atoms with Gasteiger partial charge in [-0.3, -0.25) is 0 Å². The quantitative estimate of drug-likeness (QED) is 0.818. The Balaban J connectivity index is 2.18. The molecule has 2 heteroatoms. The Kier molecular flexibility index (Phi) is 4.21. The molecule has 0 unspecified atom stereocenters. The van der Waals surface area contributed by atoms with Crippen LogP contribution in [0.15, 0.2) is 35.0 Å². The van der Waals surface area contributed by atoms with E-state index in [0.717, 1.165) is 19.4 Å². The third-order valence-electron chi connectivity index (χ3n) is 3.05. The van der Waals surface area contributed by atoms with Crippen LogP contribution in [0.3, 0.4) is 0 Å². The van der Waals surface area contributed by atoms with E-state index in [9.17, 15) is 0 Å². The number of para-hydroxylation sites is 1. The second-order valence-electron chi connectivity index (χ2n) is 4.14. The fourth-order valence-corrected chi connectivity index (χ4v) is 2.72. The van der Waals surface area contributed by atoms with Crippen molar-refractivity contribution in [2.45, 2.75) is 33.2 Å². The van der Waals surface area contributed by atoms with Crippen LogP contribution >= 0.6 is 11.3 Å². The lowest BCUT2D eigenvalue weighted by Crippen LogP contribution is -2.04.